The average molecular weight is 183 g/mol. The first kappa shape index (κ1) is 16.3. The standard InChI is InChI=1S/CH3NO2.Cu.Ni/c2-1(3)4;;/h2H2,(H,3,4);;. The number of carbonyl (C=O) groups is 1. The van der Waals surface area contributed by atoms with Crippen LogP contribution in [-0.4, -0.2) is 11.2 Å². The van der Waals surface area contributed by atoms with Gasteiger partial charge in [-0.1, -0.05) is 0 Å². The first-order valence-corrected chi connectivity index (χ1v) is 0.716. The maximum Gasteiger partial charge on any atom is 0.402 e. The summed E-state index contributed by atoms with van der Waals surface area (Å²) in [5.41, 5.74) is 4.03. The van der Waals surface area contributed by atoms with E-state index in [2.05, 4.69) is 5.73 Å². The minimum absolute atomic E-state index is 0. The molecule has 5 heteroatoms. The van der Waals surface area contributed by atoms with Crippen LogP contribution >= 0.6 is 0 Å². The molecular weight excluding hydrogens is 180 g/mol. The van der Waals surface area contributed by atoms with Crippen molar-refractivity contribution in [1.29, 1.82) is 0 Å². The molecule has 0 saturated heterocycles. The van der Waals surface area contributed by atoms with Gasteiger partial charge in [0.05, 0.1) is 0 Å². The molecule has 0 aromatic rings. The fraction of sp³-hybridized carbons (Fsp3) is 0. The van der Waals surface area contributed by atoms with Crippen molar-refractivity contribution >= 4 is 6.09 Å². The van der Waals surface area contributed by atoms with Gasteiger partial charge in [0.2, 0.25) is 0 Å². The van der Waals surface area contributed by atoms with E-state index in [1.54, 1.807) is 0 Å². The maximum absolute atomic E-state index is 8.78. The molecule has 0 aromatic heterocycles. The van der Waals surface area contributed by atoms with Gasteiger partial charge in [0.25, 0.3) is 0 Å². The van der Waals surface area contributed by atoms with Crippen molar-refractivity contribution in [1.82, 2.24) is 0 Å². The molecule has 3 N–H and O–H groups in total. The summed E-state index contributed by atoms with van der Waals surface area (Å²) >= 11 is 0. The van der Waals surface area contributed by atoms with Gasteiger partial charge in [-0.3, -0.25) is 0 Å². The summed E-state index contributed by atoms with van der Waals surface area (Å²) in [6.45, 7) is 0. The smallest absolute Gasteiger partial charge is 0.402 e. The molecule has 0 aliphatic heterocycles. The van der Waals surface area contributed by atoms with Crippen LogP contribution in [0.15, 0.2) is 0 Å². The van der Waals surface area contributed by atoms with E-state index < -0.39 is 6.09 Å². The number of nitrogens with two attached hydrogens (primary N) is 1. The van der Waals surface area contributed by atoms with Gasteiger partial charge in [-0.2, -0.15) is 0 Å². The molecule has 45 valence electrons. The molecule has 0 saturated carbocycles. The van der Waals surface area contributed by atoms with E-state index >= 15 is 0 Å². The van der Waals surface area contributed by atoms with Crippen LogP contribution in [0.4, 0.5) is 4.79 Å². The fourth-order valence-electron chi connectivity index (χ4n) is 0. The van der Waals surface area contributed by atoms with Gasteiger partial charge in [0.1, 0.15) is 0 Å². The van der Waals surface area contributed by atoms with E-state index in [0.717, 1.165) is 0 Å². The van der Waals surface area contributed by atoms with Gasteiger partial charge in [-0.25, -0.2) is 4.79 Å². The van der Waals surface area contributed by atoms with E-state index in [4.69, 9.17) is 9.90 Å². The van der Waals surface area contributed by atoms with Gasteiger partial charge in [-0.15, -0.1) is 0 Å². The predicted octanol–water partition coefficient (Wildman–Crippen LogP) is -0.382. The Labute approximate surface area is 55.7 Å². The van der Waals surface area contributed by atoms with Crippen molar-refractivity contribution in [2.45, 2.75) is 0 Å². The minimum Gasteiger partial charge on any atom is -0.465 e. The van der Waals surface area contributed by atoms with Gasteiger partial charge >= 0.3 is 6.09 Å². The molecule has 1 amide bonds. The average Bonchev–Trinajstić information content (AvgIpc) is 0.811. The first-order valence-electron chi connectivity index (χ1n) is 0.716. The normalized spacial score (nSPS) is 4.00. The summed E-state index contributed by atoms with van der Waals surface area (Å²) in [4.78, 5) is 8.78. The Balaban J connectivity index is -0.0000000450. The zero-order chi connectivity index (χ0) is 3.58. The SMILES string of the molecule is NC(=O)O.[Cu].[Ni]. The molecule has 0 fully saturated rings. The molecule has 0 aromatic carbocycles. The van der Waals surface area contributed by atoms with Gasteiger partial charge in [0.15, 0.2) is 0 Å². The van der Waals surface area contributed by atoms with Crippen LogP contribution in [0, 0.1) is 0 Å². The number of primary amides is 1. The van der Waals surface area contributed by atoms with Gasteiger partial charge in [-0.05, 0) is 0 Å². The largest absolute Gasteiger partial charge is 0.465 e. The molecule has 0 atom stereocenters. The van der Waals surface area contributed by atoms with Crippen LogP contribution in [0.5, 0.6) is 0 Å². The van der Waals surface area contributed by atoms with E-state index in [1.165, 1.54) is 0 Å². The molecule has 0 aliphatic carbocycles. The van der Waals surface area contributed by atoms with Crippen molar-refractivity contribution in [3.63, 3.8) is 0 Å². The molecule has 0 aliphatic rings. The van der Waals surface area contributed by atoms with Crippen molar-refractivity contribution in [3.8, 4) is 0 Å². The summed E-state index contributed by atoms with van der Waals surface area (Å²) in [5, 5.41) is 7.19. The second kappa shape index (κ2) is 8.99. The van der Waals surface area contributed by atoms with E-state index in [1.807, 2.05) is 0 Å². The van der Waals surface area contributed by atoms with E-state index in [-0.39, 0.29) is 33.6 Å². The van der Waals surface area contributed by atoms with E-state index in [0.29, 0.717) is 0 Å². The van der Waals surface area contributed by atoms with Crippen LogP contribution in [-0.2, 0) is 33.6 Å². The Kier molecular flexibility index (Phi) is 24.4. The molecule has 3 nitrogen and oxygen atoms in total. The third kappa shape index (κ3) is 576. The topological polar surface area (TPSA) is 63.3 Å². The van der Waals surface area contributed by atoms with Crippen LogP contribution in [0.2, 0.25) is 0 Å². The zero-order valence-corrected chi connectivity index (χ0v) is 4.48. The Hall–Kier alpha value is 0.283. The quantitative estimate of drug-likeness (QED) is 0.503. The number of amides is 1. The molecule has 0 spiro atoms. The zero-order valence-electron chi connectivity index (χ0n) is 2.55. The van der Waals surface area contributed by atoms with Crippen LogP contribution in [0.25, 0.3) is 0 Å². The Morgan fingerprint density at radius 3 is 1.67 bits per heavy atom. The molecular formula is CH3CuNNiO2. The van der Waals surface area contributed by atoms with Crippen molar-refractivity contribution in [3.05, 3.63) is 0 Å². The summed E-state index contributed by atoms with van der Waals surface area (Å²) in [6, 6.07) is 0. The number of hydrogen-bond donors (Lipinski definition) is 2. The van der Waals surface area contributed by atoms with E-state index in [9.17, 15) is 0 Å². The summed E-state index contributed by atoms with van der Waals surface area (Å²) < 4.78 is 0. The monoisotopic (exact) mass is 182 g/mol. The third-order valence-electron chi connectivity index (χ3n) is 0. The Morgan fingerprint density at radius 1 is 1.67 bits per heavy atom. The summed E-state index contributed by atoms with van der Waals surface area (Å²) in [7, 11) is 0. The predicted molar refractivity (Wildman–Crippen MR) is 12.2 cm³/mol. The molecule has 0 bridgehead atoms. The summed E-state index contributed by atoms with van der Waals surface area (Å²) in [6.07, 6.45) is -1.33. The molecule has 0 rings (SSSR count). The third-order valence-corrected chi connectivity index (χ3v) is 0. The van der Waals surface area contributed by atoms with Crippen molar-refractivity contribution in [2.24, 2.45) is 5.73 Å². The Morgan fingerprint density at radius 2 is 1.67 bits per heavy atom. The number of rotatable bonds is 0. The number of carboxylic acid groups (broad SMARTS) is 1. The molecule has 0 heterocycles. The molecule has 1 radical (unpaired) electrons. The van der Waals surface area contributed by atoms with Crippen LogP contribution < -0.4 is 5.73 Å². The Bertz CT molecular complexity index is 36.5. The van der Waals surface area contributed by atoms with Crippen LogP contribution in [0.1, 0.15) is 0 Å². The number of hydrogen-bond acceptors (Lipinski definition) is 1. The second-order valence-corrected chi connectivity index (χ2v) is 0.338. The fourth-order valence-corrected chi connectivity index (χ4v) is 0. The summed E-state index contributed by atoms with van der Waals surface area (Å²) in [5.74, 6) is 0. The molecule has 0 unspecified atom stereocenters. The van der Waals surface area contributed by atoms with Crippen molar-refractivity contribution in [2.75, 3.05) is 0 Å². The minimum atomic E-state index is -1.33. The maximum atomic E-state index is 8.78. The van der Waals surface area contributed by atoms with Crippen molar-refractivity contribution < 1.29 is 43.5 Å². The first-order chi connectivity index (χ1) is 1.73. The second-order valence-electron chi connectivity index (χ2n) is 0.338. The van der Waals surface area contributed by atoms with Gasteiger partial charge < -0.3 is 10.8 Å². The van der Waals surface area contributed by atoms with Gasteiger partial charge in [0, 0.05) is 33.6 Å². The van der Waals surface area contributed by atoms with Crippen LogP contribution in [0.3, 0.4) is 0 Å². The molecule has 6 heavy (non-hydrogen) atoms.